The van der Waals surface area contributed by atoms with E-state index in [1.165, 1.54) is 4.90 Å². The molecule has 0 bridgehead atoms. The Balaban J connectivity index is 1.69. The third-order valence-electron chi connectivity index (χ3n) is 4.84. The van der Waals surface area contributed by atoms with E-state index < -0.39 is 0 Å². The van der Waals surface area contributed by atoms with Crippen molar-refractivity contribution >= 4 is 28.3 Å². The van der Waals surface area contributed by atoms with Crippen molar-refractivity contribution in [3.63, 3.8) is 0 Å². The van der Waals surface area contributed by atoms with Crippen LogP contribution in [0.1, 0.15) is 22.4 Å². The van der Waals surface area contributed by atoms with Crippen molar-refractivity contribution < 1.29 is 9.59 Å². The maximum atomic E-state index is 12.6. The molecule has 1 heterocycles. The summed E-state index contributed by atoms with van der Waals surface area (Å²) >= 11 is 0. The number of likely N-dealkylation sites (N-methyl/N-ethyl adjacent to an activating group) is 1. The first-order chi connectivity index (χ1) is 13.8. The molecular formula is C22H24N4O3. The van der Waals surface area contributed by atoms with E-state index in [0.717, 1.165) is 22.4 Å². The van der Waals surface area contributed by atoms with E-state index in [2.05, 4.69) is 15.5 Å². The van der Waals surface area contributed by atoms with Crippen LogP contribution in [-0.4, -0.2) is 40.5 Å². The Morgan fingerprint density at radius 2 is 1.69 bits per heavy atom. The Labute approximate surface area is 168 Å². The molecule has 0 aliphatic carbocycles. The van der Waals surface area contributed by atoms with Gasteiger partial charge in [0.15, 0.2) is 0 Å². The lowest BCUT2D eigenvalue weighted by Gasteiger charge is -2.18. The molecule has 0 aliphatic heterocycles. The number of carbonyl (C=O) groups is 2. The van der Waals surface area contributed by atoms with Gasteiger partial charge in [-0.1, -0.05) is 35.9 Å². The van der Waals surface area contributed by atoms with Crippen LogP contribution in [0.4, 0.5) is 5.69 Å². The molecule has 1 aromatic heterocycles. The molecule has 0 saturated carbocycles. The molecule has 0 aliphatic rings. The lowest BCUT2D eigenvalue weighted by atomic mass is 10.1. The van der Waals surface area contributed by atoms with Crippen LogP contribution >= 0.6 is 0 Å². The lowest BCUT2D eigenvalue weighted by molar-refractivity contribution is -0.132. The van der Waals surface area contributed by atoms with Crippen LogP contribution in [0.25, 0.3) is 10.8 Å². The topological polar surface area (TPSA) is 95.2 Å². The minimum atomic E-state index is -0.298. The average molecular weight is 392 g/mol. The van der Waals surface area contributed by atoms with Crippen LogP contribution in [0.3, 0.4) is 0 Å². The van der Waals surface area contributed by atoms with Gasteiger partial charge in [-0.25, -0.2) is 5.10 Å². The fraction of sp³-hybridized carbons (Fsp3) is 0.273. The van der Waals surface area contributed by atoms with E-state index in [9.17, 15) is 14.4 Å². The van der Waals surface area contributed by atoms with Gasteiger partial charge in [0, 0.05) is 18.1 Å². The van der Waals surface area contributed by atoms with Crippen LogP contribution in [-0.2, 0) is 16.0 Å². The van der Waals surface area contributed by atoms with Gasteiger partial charge in [-0.05, 0) is 38.0 Å². The molecule has 2 aromatic carbocycles. The molecule has 29 heavy (non-hydrogen) atoms. The van der Waals surface area contributed by atoms with Gasteiger partial charge >= 0.3 is 0 Å². The number of aryl methyl sites for hydroxylation is 3. The van der Waals surface area contributed by atoms with E-state index in [1.54, 1.807) is 31.3 Å². The molecule has 7 nitrogen and oxygen atoms in total. The fourth-order valence-corrected chi connectivity index (χ4v) is 3.44. The number of benzene rings is 2. The number of amides is 2. The number of hydrogen-bond donors (Lipinski definition) is 2. The van der Waals surface area contributed by atoms with E-state index >= 15 is 0 Å². The Morgan fingerprint density at radius 3 is 2.34 bits per heavy atom. The molecule has 0 saturated heterocycles. The molecule has 0 unspecified atom stereocenters. The van der Waals surface area contributed by atoms with E-state index in [4.69, 9.17) is 0 Å². The van der Waals surface area contributed by atoms with Crippen molar-refractivity contribution in [2.24, 2.45) is 0 Å². The maximum Gasteiger partial charge on any atom is 0.272 e. The van der Waals surface area contributed by atoms with Gasteiger partial charge in [-0.3, -0.25) is 14.4 Å². The number of aromatic amines is 1. The smallest absolute Gasteiger partial charge is 0.272 e. The number of aromatic nitrogens is 2. The maximum absolute atomic E-state index is 12.6. The van der Waals surface area contributed by atoms with Gasteiger partial charge in [0.1, 0.15) is 0 Å². The third kappa shape index (κ3) is 4.51. The second-order valence-electron chi connectivity index (χ2n) is 7.29. The number of nitrogens with one attached hydrogen (secondary N) is 2. The highest BCUT2D eigenvalue weighted by Gasteiger charge is 2.17. The summed E-state index contributed by atoms with van der Waals surface area (Å²) in [5.74, 6) is -0.530. The summed E-state index contributed by atoms with van der Waals surface area (Å²) < 4.78 is 0. The van der Waals surface area contributed by atoms with Crippen molar-refractivity contribution in [3.8, 4) is 0 Å². The molecule has 0 atom stereocenters. The minimum absolute atomic E-state index is 0.0103. The summed E-state index contributed by atoms with van der Waals surface area (Å²) in [6.07, 6.45) is -0.0103. The zero-order chi connectivity index (χ0) is 21.1. The monoisotopic (exact) mass is 392 g/mol. The van der Waals surface area contributed by atoms with Crippen LogP contribution in [0, 0.1) is 20.8 Å². The Kier molecular flexibility index (Phi) is 5.77. The van der Waals surface area contributed by atoms with Crippen molar-refractivity contribution in [1.82, 2.24) is 15.1 Å². The zero-order valence-electron chi connectivity index (χ0n) is 17.0. The van der Waals surface area contributed by atoms with Gasteiger partial charge in [-0.2, -0.15) is 5.10 Å². The van der Waals surface area contributed by atoms with E-state index in [-0.39, 0.29) is 30.3 Å². The van der Waals surface area contributed by atoms with E-state index in [1.807, 2.05) is 32.9 Å². The normalized spacial score (nSPS) is 10.8. The summed E-state index contributed by atoms with van der Waals surface area (Å²) in [6.45, 7) is 5.81. The van der Waals surface area contributed by atoms with Crippen LogP contribution in [0.2, 0.25) is 0 Å². The highest BCUT2D eigenvalue weighted by atomic mass is 16.2. The highest BCUT2D eigenvalue weighted by Crippen LogP contribution is 2.22. The van der Waals surface area contributed by atoms with Gasteiger partial charge in [0.2, 0.25) is 11.8 Å². The lowest BCUT2D eigenvalue weighted by Crippen LogP contribution is -2.36. The largest absolute Gasteiger partial charge is 0.336 e. The molecular weight excluding hydrogens is 368 g/mol. The number of H-pyrrole nitrogens is 1. The summed E-state index contributed by atoms with van der Waals surface area (Å²) in [5, 5.41) is 10.5. The first-order valence-corrected chi connectivity index (χ1v) is 9.34. The molecule has 3 rings (SSSR count). The van der Waals surface area contributed by atoms with Crippen LogP contribution in [0.15, 0.2) is 41.2 Å². The zero-order valence-corrected chi connectivity index (χ0v) is 17.0. The van der Waals surface area contributed by atoms with Gasteiger partial charge < -0.3 is 10.2 Å². The molecule has 2 amide bonds. The first-order valence-electron chi connectivity index (χ1n) is 9.34. The molecule has 0 radical (unpaired) electrons. The molecule has 3 aromatic rings. The fourth-order valence-electron chi connectivity index (χ4n) is 3.44. The minimum Gasteiger partial charge on any atom is -0.336 e. The number of nitrogens with zero attached hydrogens (tertiary/aromatic N) is 2. The molecule has 150 valence electrons. The van der Waals surface area contributed by atoms with Crippen LogP contribution in [0.5, 0.6) is 0 Å². The highest BCUT2D eigenvalue weighted by molar-refractivity contribution is 5.96. The van der Waals surface area contributed by atoms with Crippen molar-refractivity contribution in [3.05, 3.63) is 69.1 Å². The Morgan fingerprint density at radius 1 is 1.07 bits per heavy atom. The summed E-state index contributed by atoms with van der Waals surface area (Å²) in [4.78, 5) is 38.3. The predicted molar refractivity (Wildman–Crippen MR) is 113 cm³/mol. The molecule has 0 fully saturated rings. The standard InChI is InChI=1S/C22H24N4O3/c1-13-9-14(2)21(15(3)10-13)23-19(27)12-26(4)20(28)11-18-16-7-5-6-8-17(16)22(29)25-24-18/h5-10H,11-12H2,1-4H3,(H,23,27)(H,25,29). The predicted octanol–water partition coefficient (Wildman–Crippen LogP) is 2.49. The number of rotatable bonds is 5. The van der Waals surface area contributed by atoms with Crippen molar-refractivity contribution in [1.29, 1.82) is 0 Å². The molecule has 0 spiro atoms. The van der Waals surface area contributed by atoms with Crippen LogP contribution < -0.4 is 10.9 Å². The second kappa shape index (κ2) is 8.26. The molecule has 2 N–H and O–H groups in total. The molecule has 7 heteroatoms. The summed E-state index contributed by atoms with van der Waals surface area (Å²) in [7, 11) is 1.57. The quantitative estimate of drug-likeness (QED) is 0.697. The van der Waals surface area contributed by atoms with Crippen molar-refractivity contribution in [2.75, 3.05) is 18.9 Å². The average Bonchev–Trinajstić information content (AvgIpc) is 2.67. The summed E-state index contributed by atoms with van der Waals surface area (Å²) in [5.41, 5.74) is 4.04. The van der Waals surface area contributed by atoms with Gasteiger partial charge in [-0.15, -0.1) is 0 Å². The Bertz CT molecular complexity index is 1130. The second-order valence-corrected chi connectivity index (χ2v) is 7.29. The van der Waals surface area contributed by atoms with Gasteiger partial charge in [0.05, 0.1) is 24.0 Å². The number of carbonyl (C=O) groups excluding carboxylic acids is 2. The number of anilines is 1. The Hall–Kier alpha value is -3.48. The number of hydrogen-bond acceptors (Lipinski definition) is 4. The van der Waals surface area contributed by atoms with E-state index in [0.29, 0.717) is 16.5 Å². The summed E-state index contributed by atoms with van der Waals surface area (Å²) in [6, 6.07) is 11.0. The van der Waals surface area contributed by atoms with Gasteiger partial charge in [0.25, 0.3) is 5.56 Å². The third-order valence-corrected chi connectivity index (χ3v) is 4.84. The number of fused-ring (bicyclic) bond motifs is 1. The SMILES string of the molecule is Cc1cc(C)c(NC(=O)CN(C)C(=O)Cc2n[nH]c(=O)c3ccccc23)c(C)c1. The van der Waals surface area contributed by atoms with Crippen molar-refractivity contribution in [2.45, 2.75) is 27.2 Å². The first kappa shape index (κ1) is 20.3.